The Hall–Kier alpha value is -3.17. The van der Waals surface area contributed by atoms with Gasteiger partial charge in [-0.15, -0.1) is 0 Å². The molecule has 5 rings (SSSR count). The third-order valence-corrected chi connectivity index (χ3v) is 4.73. The molecule has 0 unspecified atom stereocenters. The highest BCUT2D eigenvalue weighted by Crippen LogP contribution is 2.35. The lowest BCUT2D eigenvalue weighted by atomic mass is 10.1. The number of nitrogens with zero attached hydrogens (tertiary/aromatic N) is 2. The van der Waals surface area contributed by atoms with Crippen molar-refractivity contribution in [3.63, 3.8) is 0 Å². The van der Waals surface area contributed by atoms with E-state index in [0.29, 0.717) is 10.8 Å². The van der Waals surface area contributed by atoms with Gasteiger partial charge in [0.25, 0.3) is 0 Å². The van der Waals surface area contributed by atoms with Crippen LogP contribution in [0.5, 0.6) is 0 Å². The van der Waals surface area contributed by atoms with E-state index in [9.17, 15) is 0 Å². The summed E-state index contributed by atoms with van der Waals surface area (Å²) in [5.41, 5.74) is 4.75. The van der Waals surface area contributed by atoms with Gasteiger partial charge in [-0.25, -0.2) is 9.97 Å². The molecule has 0 spiro atoms. The van der Waals surface area contributed by atoms with Crippen molar-refractivity contribution in [2.75, 3.05) is 0 Å². The molecule has 0 bridgehead atoms. The summed E-state index contributed by atoms with van der Waals surface area (Å²) >= 11 is 6.17. The Balaban J connectivity index is 1.90. The second-order valence-electron chi connectivity index (χ2n) is 6.17. The number of halogens is 1. The quantitative estimate of drug-likeness (QED) is 0.415. The Morgan fingerprint density at radius 2 is 1.42 bits per heavy atom. The molecule has 3 aromatic carbocycles. The van der Waals surface area contributed by atoms with Gasteiger partial charge in [-0.05, 0) is 12.1 Å². The van der Waals surface area contributed by atoms with E-state index in [2.05, 4.69) is 17.1 Å². The summed E-state index contributed by atoms with van der Waals surface area (Å²) in [7, 11) is 0. The molecular formula is C22H14ClN3. The van der Waals surface area contributed by atoms with Crippen LogP contribution in [0.25, 0.3) is 44.6 Å². The minimum absolute atomic E-state index is 0.696. The fourth-order valence-electron chi connectivity index (χ4n) is 3.29. The molecule has 0 radical (unpaired) electrons. The van der Waals surface area contributed by atoms with E-state index in [0.717, 1.165) is 38.8 Å². The van der Waals surface area contributed by atoms with Crippen molar-refractivity contribution < 1.29 is 0 Å². The maximum atomic E-state index is 6.17. The number of aromatic amines is 1. The van der Waals surface area contributed by atoms with E-state index in [1.165, 1.54) is 0 Å². The summed E-state index contributed by atoms with van der Waals surface area (Å²) in [6, 6.07) is 26.1. The van der Waals surface area contributed by atoms with Gasteiger partial charge < -0.3 is 4.98 Å². The van der Waals surface area contributed by atoms with Crippen LogP contribution >= 0.6 is 11.6 Å². The Bertz CT molecular complexity index is 1230. The summed E-state index contributed by atoms with van der Waals surface area (Å²) in [6.45, 7) is 0. The van der Waals surface area contributed by atoms with Gasteiger partial charge in [0, 0.05) is 27.1 Å². The molecule has 1 N–H and O–H groups in total. The van der Waals surface area contributed by atoms with Crippen LogP contribution in [0.4, 0.5) is 0 Å². The van der Waals surface area contributed by atoms with E-state index in [1.54, 1.807) is 0 Å². The van der Waals surface area contributed by atoms with Crippen LogP contribution in [0, 0.1) is 0 Å². The van der Waals surface area contributed by atoms with Gasteiger partial charge in [0.2, 0.25) is 0 Å². The van der Waals surface area contributed by atoms with Crippen molar-refractivity contribution in [1.29, 1.82) is 0 Å². The van der Waals surface area contributed by atoms with E-state index < -0.39 is 0 Å². The van der Waals surface area contributed by atoms with Crippen molar-refractivity contribution in [3.05, 3.63) is 83.9 Å². The molecule has 26 heavy (non-hydrogen) atoms. The van der Waals surface area contributed by atoms with Crippen LogP contribution in [0.1, 0.15) is 0 Å². The molecule has 0 atom stereocenters. The van der Waals surface area contributed by atoms with Crippen LogP contribution in [-0.2, 0) is 0 Å². The Labute approximate surface area is 155 Å². The Kier molecular flexibility index (Phi) is 3.47. The number of nitrogens with one attached hydrogen (secondary N) is 1. The topological polar surface area (TPSA) is 41.6 Å². The first-order valence-corrected chi connectivity index (χ1v) is 8.77. The molecule has 2 aromatic heterocycles. The molecule has 2 heterocycles. The molecule has 0 aliphatic rings. The van der Waals surface area contributed by atoms with Crippen molar-refractivity contribution in [1.82, 2.24) is 15.0 Å². The van der Waals surface area contributed by atoms with Crippen molar-refractivity contribution in [2.24, 2.45) is 0 Å². The Morgan fingerprint density at radius 1 is 0.731 bits per heavy atom. The monoisotopic (exact) mass is 355 g/mol. The molecule has 3 nitrogen and oxygen atoms in total. The van der Waals surface area contributed by atoms with Gasteiger partial charge in [0.15, 0.2) is 5.82 Å². The highest BCUT2D eigenvalue weighted by molar-refractivity contribution is 6.31. The zero-order valence-electron chi connectivity index (χ0n) is 13.8. The highest BCUT2D eigenvalue weighted by atomic mass is 35.5. The molecule has 0 saturated carbocycles. The second-order valence-corrected chi connectivity index (χ2v) is 6.60. The lowest BCUT2D eigenvalue weighted by Crippen LogP contribution is -1.94. The van der Waals surface area contributed by atoms with Gasteiger partial charge in [0.1, 0.15) is 5.65 Å². The molecule has 0 aliphatic carbocycles. The molecule has 0 fully saturated rings. The lowest BCUT2D eigenvalue weighted by Gasteiger charge is -2.07. The predicted molar refractivity (Wildman–Crippen MR) is 107 cm³/mol. The fraction of sp³-hybridized carbons (Fsp3) is 0. The number of H-pyrrole nitrogens is 1. The zero-order chi connectivity index (χ0) is 17.5. The van der Waals surface area contributed by atoms with Crippen molar-refractivity contribution in [2.45, 2.75) is 0 Å². The summed E-state index contributed by atoms with van der Waals surface area (Å²) < 4.78 is 0. The third-order valence-electron chi connectivity index (χ3n) is 4.49. The normalized spacial score (nSPS) is 11.3. The average molecular weight is 356 g/mol. The molecule has 0 amide bonds. The van der Waals surface area contributed by atoms with Crippen LogP contribution < -0.4 is 0 Å². The van der Waals surface area contributed by atoms with E-state index in [-0.39, 0.29) is 0 Å². The van der Waals surface area contributed by atoms with Crippen molar-refractivity contribution in [3.8, 4) is 22.6 Å². The largest absolute Gasteiger partial charge is 0.339 e. The third kappa shape index (κ3) is 2.45. The number of fused-ring (bicyclic) bond motifs is 3. The van der Waals surface area contributed by atoms with E-state index in [1.807, 2.05) is 66.7 Å². The fourth-order valence-corrected chi connectivity index (χ4v) is 3.47. The summed E-state index contributed by atoms with van der Waals surface area (Å²) in [4.78, 5) is 13.1. The molecular weight excluding hydrogens is 342 g/mol. The first kappa shape index (κ1) is 15.1. The minimum Gasteiger partial charge on any atom is -0.339 e. The smallest absolute Gasteiger partial charge is 0.162 e. The number of hydrogen-bond donors (Lipinski definition) is 1. The summed E-state index contributed by atoms with van der Waals surface area (Å²) in [5, 5.41) is 2.78. The first-order valence-electron chi connectivity index (χ1n) is 8.39. The number of rotatable bonds is 2. The highest BCUT2D eigenvalue weighted by Gasteiger charge is 2.16. The van der Waals surface area contributed by atoms with Gasteiger partial charge in [0.05, 0.1) is 11.1 Å². The standard InChI is InChI=1S/C22H14ClN3/c23-16-11-12-17-18(13-16)24-22-19(17)20(14-7-3-1-4-8-14)25-21(26-22)15-9-5-2-6-10-15/h1-13H,(H,24,25,26). The average Bonchev–Trinajstić information content (AvgIpc) is 3.06. The molecule has 4 heteroatoms. The molecule has 0 saturated heterocycles. The maximum absolute atomic E-state index is 6.17. The van der Waals surface area contributed by atoms with Gasteiger partial charge in [-0.3, -0.25) is 0 Å². The maximum Gasteiger partial charge on any atom is 0.162 e. The lowest BCUT2D eigenvalue weighted by molar-refractivity contribution is 1.21. The zero-order valence-corrected chi connectivity index (χ0v) is 14.5. The predicted octanol–water partition coefficient (Wildman–Crippen LogP) is 6.10. The SMILES string of the molecule is Clc1ccc2c(c1)[nH]c1nc(-c3ccccc3)nc(-c3ccccc3)c12. The van der Waals surface area contributed by atoms with E-state index in [4.69, 9.17) is 21.6 Å². The second kappa shape index (κ2) is 5.97. The van der Waals surface area contributed by atoms with Gasteiger partial charge in [-0.1, -0.05) is 78.3 Å². The molecule has 5 aromatic rings. The van der Waals surface area contributed by atoms with Crippen LogP contribution in [0.3, 0.4) is 0 Å². The van der Waals surface area contributed by atoms with Crippen LogP contribution in [-0.4, -0.2) is 15.0 Å². The number of benzene rings is 3. The number of hydrogen-bond acceptors (Lipinski definition) is 2. The minimum atomic E-state index is 0.696. The van der Waals surface area contributed by atoms with Crippen LogP contribution in [0.2, 0.25) is 5.02 Å². The van der Waals surface area contributed by atoms with Gasteiger partial charge in [-0.2, -0.15) is 0 Å². The van der Waals surface area contributed by atoms with E-state index >= 15 is 0 Å². The van der Waals surface area contributed by atoms with Crippen molar-refractivity contribution >= 4 is 33.5 Å². The molecule has 124 valence electrons. The molecule has 0 aliphatic heterocycles. The number of aromatic nitrogens is 3. The first-order chi connectivity index (χ1) is 12.8. The summed E-state index contributed by atoms with van der Waals surface area (Å²) in [6.07, 6.45) is 0. The Morgan fingerprint density at radius 3 is 2.15 bits per heavy atom. The summed E-state index contributed by atoms with van der Waals surface area (Å²) in [5.74, 6) is 0.703. The van der Waals surface area contributed by atoms with Crippen LogP contribution in [0.15, 0.2) is 78.9 Å². The van der Waals surface area contributed by atoms with Gasteiger partial charge >= 0.3 is 0 Å².